The lowest BCUT2D eigenvalue weighted by atomic mass is 9.80. The number of alkyl halides is 4. The monoisotopic (exact) mass is 679 g/mol. The van der Waals surface area contributed by atoms with E-state index in [9.17, 15) is 32.3 Å². The van der Waals surface area contributed by atoms with Crippen LogP contribution >= 0.6 is 11.6 Å². The lowest BCUT2D eigenvalue weighted by Crippen LogP contribution is -2.45. The number of rotatable bonds is 8. The van der Waals surface area contributed by atoms with E-state index in [0.29, 0.717) is 17.5 Å². The zero-order chi connectivity index (χ0) is 33.6. The van der Waals surface area contributed by atoms with Gasteiger partial charge in [0.05, 0.1) is 17.1 Å². The highest BCUT2D eigenvalue weighted by molar-refractivity contribution is 6.35. The number of fused-ring (bicyclic) bond motifs is 3. The van der Waals surface area contributed by atoms with Gasteiger partial charge in [0, 0.05) is 22.7 Å². The Morgan fingerprint density at radius 2 is 1.94 bits per heavy atom. The molecule has 4 aromatic rings. The van der Waals surface area contributed by atoms with E-state index in [-0.39, 0.29) is 62.2 Å². The SMILES string of the molecule is C[C@@]1(C(N)=O)COc2c(-c3ccc4c(c3)OC(F)(F)O4)nc(C(O)(CNC(=O)c3cc(Cl)c4nn(C(F)F)cc4c3)C3CC3)c(F)c21. The third kappa shape index (κ3) is 4.97. The van der Waals surface area contributed by atoms with E-state index in [1.54, 1.807) is 0 Å². The Bertz CT molecular complexity index is 2010. The first kappa shape index (κ1) is 30.9. The summed E-state index contributed by atoms with van der Waals surface area (Å²) in [6.07, 6.45) is -2.06. The fourth-order valence-electron chi connectivity index (χ4n) is 5.88. The molecule has 47 heavy (non-hydrogen) atoms. The van der Waals surface area contributed by atoms with Crippen LogP contribution in [-0.2, 0) is 15.8 Å². The Hall–Kier alpha value is -4.70. The predicted molar refractivity (Wildman–Crippen MR) is 153 cm³/mol. The number of nitrogens with zero attached hydrogens (tertiary/aromatic N) is 3. The van der Waals surface area contributed by atoms with E-state index in [2.05, 4.69) is 24.9 Å². The summed E-state index contributed by atoms with van der Waals surface area (Å²) in [5.74, 6) is -4.20. The van der Waals surface area contributed by atoms with E-state index in [1.807, 2.05) is 0 Å². The van der Waals surface area contributed by atoms with E-state index < -0.39 is 59.6 Å². The van der Waals surface area contributed by atoms with Gasteiger partial charge in [-0.15, -0.1) is 8.78 Å². The first-order valence-corrected chi connectivity index (χ1v) is 14.5. The number of ether oxygens (including phenoxy) is 3. The number of nitrogens with two attached hydrogens (primary N) is 1. The molecular weight excluding hydrogens is 657 g/mol. The van der Waals surface area contributed by atoms with Gasteiger partial charge in [-0.1, -0.05) is 11.6 Å². The normalized spacial score (nSPS) is 20.6. The van der Waals surface area contributed by atoms with Gasteiger partial charge in [-0.25, -0.2) is 14.1 Å². The number of hydrogen-bond donors (Lipinski definition) is 3. The minimum Gasteiger partial charge on any atom is -0.489 e. The number of pyridine rings is 1. The molecule has 1 unspecified atom stereocenters. The van der Waals surface area contributed by atoms with Crippen molar-refractivity contribution in [2.75, 3.05) is 13.2 Å². The van der Waals surface area contributed by atoms with E-state index >= 15 is 4.39 Å². The van der Waals surface area contributed by atoms with Crippen molar-refractivity contribution in [3.05, 3.63) is 64.2 Å². The Morgan fingerprint density at radius 3 is 2.62 bits per heavy atom. The largest absolute Gasteiger partial charge is 0.586 e. The van der Waals surface area contributed by atoms with Crippen molar-refractivity contribution in [1.82, 2.24) is 20.1 Å². The lowest BCUT2D eigenvalue weighted by Gasteiger charge is -2.30. The van der Waals surface area contributed by atoms with Gasteiger partial charge in [0.2, 0.25) is 5.91 Å². The number of aromatic nitrogens is 3. The van der Waals surface area contributed by atoms with Crippen LogP contribution in [0.25, 0.3) is 22.2 Å². The van der Waals surface area contributed by atoms with Crippen molar-refractivity contribution in [3.8, 4) is 28.5 Å². The molecule has 0 spiro atoms. The summed E-state index contributed by atoms with van der Waals surface area (Å²) >= 11 is 6.21. The number of amides is 2. The lowest BCUT2D eigenvalue weighted by molar-refractivity contribution is -0.286. The van der Waals surface area contributed by atoms with Crippen molar-refractivity contribution in [3.63, 3.8) is 0 Å². The molecule has 2 atom stereocenters. The van der Waals surface area contributed by atoms with Crippen LogP contribution in [-0.4, -0.2) is 51.1 Å². The summed E-state index contributed by atoms with van der Waals surface area (Å²) in [4.78, 5) is 30.3. The molecule has 1 saturated carbocycles. The molecule has 4 heterocycles. The number of aliphatic hydroxyl groups is 1. The van der Waals surface area contributed by atoms with Gasteiger partial charge in [0.15, 0.2) is 23.1 Å². The Morgan fingerprint density at radius 1 is 1.21 bits per heavy atom. The number of nitrogens with one attached hydrogen (secondary N) is 1. The van der Waals surface area contributed by atoms with Gasteiger partial charge in [-0.05, 0) is 56.0 Å². The van der Waals surface area contributed by atoms with Gasteiger partial charge < -0.3 is 30.4 Å². The van der Waals surface area contributed by atoms with Crippen LogP contribution in [0, 0.1) is 11.7 Å². The van der Waals surface area contributed by atoms with E-state index in [0.717, 1.165) is 12.3 Å². The summed E-state index contributed by atoms with van der Waals surface area (Å²) in [7, 11) is 0. The molecule has 0 bridgehead atoms. The molecule has 11 nitrogen and oxygen atoms in total. The van der Waals surface area contributed by atoms with E-state index in [1.165, 1.54) is 31.2 Å². The molecule has 4 N–H and O–H groups in total. The molecular formula is C30H23ClF5N5O6. The number of carbonyl (C=O) groups excluding carboxylic acids is 2. The van der Waals surface area contributed by atoms with Crippen LogP contribution in [0.5, 0.6) is 17.2 Å². The number of hydrogen-bond acceptors (Lipinski definition) is 8. The summed E-state index contributed by atoms with van der Waals surface area (Å²) in [5.41, 5.74) is 0.953. The molecule has 1 aliphatic carbocycles. The molecule has 2 aromatic carbocycles. The van der Waals surface area contributed by atoms with Crippen molar-refractivity contribution >= 4 is 34.3 Å². The molecule has 246 valence electrons. The smallest absolute Gasteiger partial charge is 0.489 e. The molecule has 0 saturated heterocycles. The zero-order valence-electron chi connectivity index (χ0n) is 24.1. The second-order valence-electron chi connectivity index (χ2n) is 11.8. The van der Waals surface area contributed by atoms with Crippen molar-refractivity contribution in [2.24, 2.45) is 11.7 Å². The second-order valence-corrected chi connectivity index (χ2v) is 12.2. The van der Waals surface area contributed by atoms with Gasteiger partial charge in [0.1, 0.15) is 34.5 Å². The highest BCUT2D eigenvalue weighted by Gasteiger charge is 2.53. The first-order chi connectivity index (χ1) is 22.1. The molecule has 2 aromatic heterocycles. The highest BCUT2D eigenvalue weighted by atomic mass is 35.5. The Kier molecular flexibility index (Phi) is 6.85. The van der Waals surface area contributed by atoms with Crippen LogP contribution in [0.3, 0.4) is 0 Å². The fraction of sp³-hybridized carbons (Fsp3) is 0.333. The topological polar surface area (TPSA) is 151 Å². The maximum Gasteiger partial charge on any atom is 0.586 e. The van der Waals surface area contributed by atoms with Crippen LogP contribution < -0.4 is 25.3 Å². The third-order valence-corrected chi connectivity index (χ3v) is 8.88. The molecule has 1 fully saturated rings. The van der Waals surface area contributed by atoms with Crippen LogP contribution in [0.2, 0.25) is 5.02 Å². The highest BCUT2D eigenvalue weighted by Crippen LogP contribution is 2.52. The van der Waals surface area contributed by atoms with Crippen LogP contribution in [0.1, 0.15) is 47.9 Å². The maximum atomic E-state index is 16.6. The minimum atomic E-state index is -3.92. The minimum absolute atomic E-state index is 0.0434. The third-order valence-electron chi connectivity index (χ3n) is 8.59. The zero-order valence-corrected chi connectivity index (χ0v) is 24.9. The van der Waals surface area contributed by atoms with Crippen molar-refractivity contribution in [2.45, 2.75) is 43.6 Å². The van der Waals surface area contributed by atoms with Crippen LogP contribution in [0.15, 0.2) is 36.5 Å². The molecule has 2 amide bonds. The molecule has 17 heteroatoms. The average Bonchev–Trinajstić information content (AvgIpc) is 3.55. The van der Waals surface area contributed by atoms with Crippen molar-refractivity contribution in [1.29, 1.82) is 0 Å². The van der Waals surface area contributed by atoms with Gasteiger partial charge >= 0.3 is 12.8 Å². The van der Waals surface area contributed by atoms with Gasteiger partial charge in [-0.3, -0.25) is 9.59 Å². The van der Waals surface area contributed by atoms with Gasteiger partial charge in [0.25, 0.3) is 5.91 Å². The number of primary amides is 1. The summed E-state index contributed by atoms with van der Waals surface area (Å²) in [6.45, 7) is -2.54. The average molecular weight is 680 g/mol. The van der Waals surface area contributed by atoms with Crippen LogP contribution in [0.4, 0.5) is 22.0 Å². The molecule has 7 rings (SSSR count). The summed E-state index contributed by atoms with van der Waals surface area (Å²) in [6, 6.07) is 6.18. The number of benzene rings is 2. The van der Waals surface area contributed by atoms with E-state index in [4.69, 9.17) is 22.1 Å². The summed E-state index contributed by atoms with van der Waals surface area (Å²) < 4.78 is 85.6. The second kappa shape index (κ2) is 10.4. The first-order valence-electron chi connectivity index (χ1n) is 14.2. The Labute approximate surface area is 266 Å². The standard InChI is InChI=1S/C30H23ClF5N5O6/c1-28(26(37)43)11-45-23-19(28)20(32)24(39-22(23)12-2-5-17-18(8-12)47-30(35,36)46-17)29(44,15-3-4-15)10-38-25(42)13-6-14-9-41(27(33)34)40-21(14)16(31)7-13/h2,5-9,15,27,44H,3-4,10-11H2,1H3,(H2,37,43)(H,38,42)/t28-,29?/m1/s1. The maximum absolute atomic E-state index is 16.6. The van der Waals surface area contributed by atoms with Crippen molar-refractivity contribution < 1.29 is 50.9 Å². The Balaban J connectivity index is 1.29. The fourth-order valence-corrected chi connectivity index (χ4v) is 6.15. The molecule has 2 aliphatic heterocycles. The molecule has 0 radical (unpaired) electrons. The van der Waals surface area contributed by atoms with Gasteiger partial charge in [-0.2, -0.15) is 13.9 Å². The predicted octanol–water partition coefficient (Wildman–Crippen LogP) is 4.77. The quantitative estimate of drug-likeness (QED) is 0.226. The molecule has 3 aliphatic rings. The summed E-state index contributed by atoms with van der Waals surface area (Å²) in [5, 5.41) is 18.4. The number of carbonyl (C=O) groups is 2. The number of halogens is 6.